The van der Waals surface area contributed by atoms with Crippen LogP contribution in [-0.4, -0.2) is 38.8 Å². The fourth-order valence-electron chi connectivity index (χ4n) is 2.20. The second kappa shape index (κ2) is 3.75. The smallest absolute Gasteiger partial charge is 0.407 e. The Labute approximate surface area is 93.3 Å². The number of likely N-dealkylation sites (tertiary alicyclic amines) is 1. The van der Waals surface area contributed by atoms with Crippen molar-refractivity contribution in [3.05, 3.63) is 30.1 Å². The van der Waals surface area contributed by atoms with Gasteiger partial charge in [0.1, 0.15) is 5.60 Å². The molecule has 1 aliphatic rings. The minimum absolute atomic E-state index is 0.106. The zero-order valence-corrected chi connectivity index (χ0v) is 9.00. The first kappa shape index (κ1) is 10.9. The molecular weight excluding hydrogens is 208 g/mol. The van der Waals surface area contributed by atoms with E-state index in [9.17, 15) is 9.90 Å². The molecule has 1 amide bonds. The first-order valence-electron chi connectivity index (χ1n) is 5.15. The first-order chi connectivity index (χ1) is 7.53. The third kappa shape index (κ3) is 1.74. The summed E-state index contributed by atoms with van der Waals surface area (Å²) in [6.07, 6.45) is 2.62. The van der Waals surface area contributed by atoms with Crippen molar-refractivity contribution in [2.45, 2.75) is 25.0 Å². The molecule has 2 atom stereocenters. The van der Waals surface area contributed by atoms with Gasteiger partial charge in [-0.25, -0.2) is 4.79 Å². The van der Waals surface area contributed by atoms with E-state index in [0.29, 0.717) is 12.0 Å². The number of rotatable bonds is 1. The number of hydrogen-bond donors (Lipinski definition) is 2. The predicted molar refractivity (Wildman–Crippen MR) is 56.9 cm³/mol. The Hall–Kier alpha value is -1.62. The standard InChI is InChI=1S/C11H14N2O3/c1-8-5-11(16,7-13(8)10(14)15)9-3-2-4-12-6-9/h2-4,6,8,16H,5,7H2,1H3,(H,14,15)/t8-,11?/m1/s1. The Kier molecular flexibility index (Phi) is 2.55. The van der Waals surface area contributed by atoms with Gasteiger partial charge in [-0.05, 0) is 13.0 Å². The third-order valence-corrected chi connectivity index (χ3v) is 3.04. The minimum atomic E-state index is -1.11. The zero-order valence-electron chi connectivity index (χ0n) is 9.00. The first-order valence-corrected chi connectivity index (χ1v) is 5.15. The highest BCUT2D eigenvalue weighted by atomic mass is 16.4. The molecule has 5 heteroatoms. The lowest BCUT2D eigenvalue weighted by molar-refractivity contribution is 0.0455. The van der Waals surface area contributed by atoms with Crippen LogP contribution in [0.25, 0.3) is 0 Å². The third-order valence-electron chi connectivity index (χ3n) is 3.04. The quantitative estimate of drug-likeness (QED) is 0.744. The normalized spacial score (nSPS) is 29.4. The van der Waals surface area contributed by atoms with E-state index in [4.69, 9.17) is 5.11 Å². The van der Waals surface area contributed by atoms with Crippen molar-refractivity contribution in [3.8, 4) is 0 Å². The second-order valence-corrected chi connectivity index (χ2v) is 4.24. The maximum absolute atomic E-state index is 10.9. The summed E-state index contributed by atoms with van der Waals surface area (Å²) < 4.78 is 0. The molecule has 1 saturated heterocycles. The number of carbonyl (C=O) groups is 1. The van der Waals surface area contributed by atoms with Gasteiger partial charge in [0.25, 0.3) is 0 Å². The van der Waals surface area contributed by atoms with Crippen LogP contribution < -0.4 is 0 Å². The molecule has 1 aromatic heterocycles. The van der Waals surface area contributed by atoms with Gasteiger partial charge in [-0.1, -0.05) is 6.07 Å². The summed E-state index contributed by atoms with van der Waals surface area (Å²) in [6, 6.07) is 3.33. The molecule has 0 aromatic carbocycles. The molecule has 2 rings (SSSR count). The molecular formula is C11H14N2O3. The lowest BCUT2D eigenvalue weighted by atomic mass is 9.93. The number of nitrogens with zero attached hydrogens (tertiary/aromatic N) is 2. The average molecular weight is 222 g/mol. The van der Waals surface area contributed by atoms with E-state index < -0.39 is 11.7 Å². The number of hydrogen-bond acceptors (Lipinski definition) is 3. The van der Waals surface area contributed by atoms with E-state index in [-0.39, 0.29) is 12.6 Å². The monoisotopic (exact) mass is 222 g/mol. The van der Waals surface area contributed by atoms with Gasteiger partial charge in [-0.15, -0.1) is 0 Å². The molecule has 2 N–H and O–H groups in total. The Morgan fingerprint density at radius 2 is 2.44 bits per heavy atom. The summed E-state index contributed by atoms with van der Waals surface area (Å²) in [6.45, 7) is 1.90. The molecule has 0 saturated carbocycles. The lowest BCUT2D eigenvalue weighted by Gasteiger charge is -2.22. The number of carboxylic acid groups (broad SMARTS) is 1. The number of β-amino-alcohol motifs (C(OH)–C–C–N with tert-alkyl or cyclic N) is 1. The molecule has 0 aliphatic carbocycles. The van der Waals surface area contributed by atoms with Crippen molar-refractivity contribution in [1.82, 2.24) is 9.88 Å². The Balaban J connectivity index is 2.26. The van der Waals surface area contributed by atoms with Crippen LogP contribution in [0.3, 0.4) is 0 Å². The van der Waals surface area contributed by atoms with Crippen molar-refractivity contribution < 1.29 is 15.0 Å². The molecule has 1 aromatic rings. The zero-order chi connectivity index (χ0) is 11.8. The number of amides is 1. The SMILES string of the molecule is C[C@@H]1CC(O)(c2cccnc2)CN1C(=O)O. The largest absolute Gasteiger partial charge is 0.465 e. The Morgan fingerprint density at radius 3 is 2.94 bits per heavy atom. The van der Waals surface area contributed by atoms with Crippen LogP contribution in [0, 0.1) is 0 Å². The number of aliphatic hydroxyl groups is 1. The van der Waals surface area contributed by atoms with Gasteiger partial charge in [-0.3, -0.25) is 4.98 Å². The second-order valence-electron chi connectivity index (χ2n) is 4.24. The van der Waals surface area contributed by atoms with Crippen LogP contribution >= 0.6 is 0 Å². The molecule has 5 nitrogen and oxygen atoms in total. The summed E-state index contributed by atoms with van der Waals surface area (Å²) in [5.74, 6) is 0. The fraction of sp³-hybridized carbons (Fsp3) is 0.455. The van der Waals surface area contributed by atoms with Crippen LogP contribution in [0.2, 0.25) is 0 Å². The number of pyridine rings is 1. The topological polar surface area (TPSA) is 73.7 Å². The van der Waals surface area contributed by atoms with E-state index in [1.165, 1.54) is 4.90 Å². The molecule has 1 fully saturated rings. The van der Waals surface area contributed by atoms with E-state index in [0.717, 1.165) is 0 Å². The highest BCUT2D eigenvalue weighted by molar-refractivity contribution is 5.66. The summed E-state index contributed by atoms with van der Waals surface area (Å²) in [5, 5.41) is 19.4. The van der Waals surface area contributed by atoms with Crippen molar-refractivity contribution in [2.24, 2.45) is 0 Å². The van der Waals surface area contributed by atoms with Crippen molar-refractivity contribution >= 4 is 6.09 Å². The van der Waals surface area contributed by atoms with Crippen molar-refractivity contribution in [3.63, 3.8) is 0 Å². The molecule has 16 heavy (non-hydrogen) atoms. The molecule has 86 valence electrons. The summed E-state index contributed by atoms with van der Waals surface area (Å²) in [4.78, 5) is 16.1. The van der Waals surface area contributed by atoms with Gasteiger partial charge in [0.05, 0.1) is 6.54 Å². The lowest BCUT2D eigenvalue weighted by Crippen LogP contribution is -2.35. The highest BCUT2D eigenvalue weighted by Crippen LogP contribution is 2.35. The van der Waals surface area contributed by atoms with E-state index >= 15 is 0 Å². The van der Waals surface area contributed by atoms with Crippen LogP contribution in [0.4, 0.5) is 4.79 Å². The average Bonchev–Trinajstić information content (AvgIpc) is 2.57. The van der Waals surface area contributed by atoms with Crippen molar-refractivity contribution in [1.29, 1.82) is 0 Å². The number of aromatic nitrogens is 1. The Morgan fingerprint density at radius 1 is 1.69 bits per heavy atom. The molecule has 0 bridgehead atoms. The van der Waals surface area contributed by atoms with Gasteiger partial charge in [0, 0.05) is 30.4 Å². The van der Waals surface area contributed by atoms with Gasteiger partial charge in [0.15, 0.2) is 0 Å². The molecule has 1 aliphatic heterocycles. The maximum Gasteiger partial charge on any atom is 0.407 e. The minimum Gasteiger partial charge on any atom is -0.465 e. The van der Waals surface area contributed by atoms with Crippen molar-refractivity contribution in [2.75, 3.05) is 6.54 Å². The van der Waals surface area contributed by atoms with Gasteiger partial charge in [0.2, 0.25) is 0 Å². The Bertz CT molecular complexity index is 395. The predicted octanol–water partition coefficient (Wildman–Crippen LogP) is 1.04. The molecule has 1 unspecified atom stereocenters. The molecule has 0 spiro atoms. The van der Waals surface area contributed by atoms with Crippen LogP contribution in [0.15, 0.2) is 24.5 Å². The summed E-state index contributed by atoms with van der Waals surface area (Å²) >= 11 is 0. The van der Waals surface area contributed by atoms with Gasteiger partial charge >= 0.3 is 6.09 Å². The summed E-state index contributed by atoms with van der Waals surface area (Å²) in [7, 11) is 0. The maximum atomic E-state index is 10.9. The van der Waals surface area contributed by atoms with Crippen LogP contribution in [-0.2, 0) is 5.60 Å². The highest BCUT2D eigenvalue weighted by Gasteiger charge is 2.44. The van der Waals surface area contributed by atoms with Gasteiger partial charge < -0.3 is 15.1 Å². The fourth-order valence-corrected chi connectivity index (χ4v) is 2.20. The van der Waals surface area contributed by atoms with E-state index in [2.05, 4.69) is 4.98 Å². The summed E-state index contributed by atoms with van der Waals surface area (Å²) in [5.41, 5.74) is -0.433. The molecule has 2 heterocycles. The van der Waals surface area contributed by atoms with E-state index in [1.807, 2.05) is 0 Å². The van der Waals surface area contributed by atoms with E-state index in [1.54, 1.807) is 31.5 Å². The van der Waals surface area contributed by atoms with Gasteiger partial charge in [-0.2, -0.15) is 0 Å². The van der Waals surface area contributed by atoms with Crippen LogP contribution in [0.5, 0.6) is 0 Å². The van der Waals surface area contributed by atoms with Crippen LogP contribution in [0.1, 0.15) is 18.9 Å². The molecule has 0 radical (unpaired) electrons.